The molecule has 0 saturated heterocycles. The van der Waals surface area contributed by atoms with Crippen molar-refractivity contribution in [3.05, 3.63) is 35.1 Å². The third kappa shape index (κ3) is 1.74. The highest BCUT2D eigenvalue weighted by molar-refractivity contribution is 6.17. The van der Waals surface area contributed by atoms with Crippen LogP contribution in [0.5, 0.6) is 0 Å². The van der Waals surface area contributed by atoms with Gasteiger partial charge >= 0.3 is 0 Å². The summed E-state index contributed by atoms with van der Waals surface area (Å²) in [6.45, 7) is 0. The topological polar surface area (TPSA) is 43.1 Å². The summed E-state index contributed by atoms with van der Waals surface area (Å²) in [4.78, 5) is 10.6. The highest BCUT2D eigenvalue weighted by atomic mass is 35.5. The molecule has 0 heterocycles. The molecule has 2 N–H and O–H groups in total. The molecule has 0 aliphatic rings. The molecule has 2 nitrogen and oxygen atoms in total. The molecule has 64 valence electrons. The fraction of sp³-hybridized carbons (Fsp3) is 0.125. The largest absolute Gasteiger partial charge is 0.366 e. The second kappa shape index (κ2) is 3.54. The fourth-order valence-corrected chi connectivity index (χ4v) is 1.01. The molecule has 0 atom stereocenters. The first-order valence-corrected chi connectivity index (χ1v) is 3.83. The van der Waals surface area contributed by atoms with E-state index < -0.39 is 11.7 Å². The molecule has 12 heavy (non-hydrogen) atoms. The predicted octanol–water partition coefficient (Wildman–Crippen LogP) is 1.66. The molecular formula is C8H7ClFNO. The van der Waals surface area contributed by atoms with Crippen LogP contribution in [0.4, 0.5) is 4.39 Å². The van der Waals surface area contributed by atoms with Crippen LogP contribution in [0.25, 0.3) is 0 Å². The summed E-state index contributed by atoms with van der Waals surface area (Å²) >= 11 is 5.45. The summed E-state index contributed by atoms with van der Waals surface area (Å²) in [5.41, 5.74) is 5.41. The quantitative estimate of drug-likeness (QED) is 0.704. The molecule has 1 aromatic carbocycles. The summed E-state index contributed by atoms with van der Waals surface area (Å²) in [5, 5.41) is 0. The lowest BCUT2D eigenvalue weighted by Crippen LogP contribution is -2.13. The molecule has 0 radical (unpaired) electrons. The first kappa shape index (κ1) is 9.00. The van der Waals surface area contributed by atoms with Crippen molar-refractivity contribution in [3.8, 4) is 0 Å². The van der Waals surface area contributed by atoms with Crippen LogP contribution in [0, 0.1) is 5.82 Å². The van der Waals surface area contributed by atoms with Gasteiger partial charge in [0.15, 0.2) is 0 Å². The van der Waals surface area contributed by atoms with Crippen molar-refractivity contribution < 1.29 is 9.18 Å². The van der Waals surface area contributed by atoms with Crippen LogP contribution in [-0.2, 0) is 5.88 Å². The second-order valence-electron chi connectivity index (χ2n) is 2.31. The molecule has 0 fully saturated rings. The van der Waals surface area contributed by atoms with E-state index >= 15 is 0 Å². The smallest absolute Gasteiger partial charge is 0.251 e. The normalized spacial score (nSPS) is 9.83. The molecule has 1 aromatic rings. The first-order chi connectivity index (χ1) is 5.65. The van der Waals surface area contributed by atoms with Gasteiger partial charge in [0.05, 0.1) is 5.56 Å². The van der Waals surface area contributed by atoms with Crippen LogP contribution >= 0.6 is 11.6 Å². The average Bonchev–Trinajstić information content (AvgIpc) is 2.03. The van der Waals surface area contributed by atoms with Gasteiger partial charge in [-0.05, 0) is 17.7 Å². The summed E-state index contributed by atoms with van der Waals surface area (Å²) < 4.78 is 12.9. The van der Waals surface area contributed by atoms with Gasteiger partial charge in [0.25, 0.3) is 5.91 Å². The highest BCUT2D eigenvalue weighted by Gasteiger charge is 2.07. The molecule has 1 amide bonds. The maximum Gasteiger partial charge on any atom is 0.251 e. The van der Waals surface area contributed by atoms with E-state index in [-0.39, 0.29) is 11.4 Å². The number of hydrogen-bond donors (Lipinski definition) is 1. The van der Waals surface area contributed by atoms with Crippen LogP contribution in [0.1, 0.15) is 15.9 Å². The Bertz CT molecular complexity index is 314. The minimum Gasteiger partial charge on any atom is -0.366 e. The van der Waals surface area contributed by atoms with Gasteiger partial charge in [0, 0.05) is 5.88 Å². The lowest BCUT2D eigenvalue weighted by atomic mass is 10.1. The van der Waals surface area contributed by atoms with E-state index in [1.807, 2.05) is 0 Å². The highest BCUT2D eigenvalue weighted by Crippen LogP contribution is 2.11. The van der Waals surface area contributed by atoms with Crippen molar-refractivity contribution in [1.29, 1.82) is 0 Å². The zero-order valence-electron chi connectivity index (χ0n) is 6.18. The van der Waals surface area contributed by atoms with Gasteiger partial charge in [-0.2, -0.15) is 0 Å². The number of benzene rings is 1. The van der Waals surface area contributed by atoms with Crippen molar-refractivity contribution in [2.45, 2.75) is 5.88 Å². The van der Waals surface area contributed by atoms with Gasteiger partial charge in [-0.1, -0.05) is 6.07 Å². The molecule has 0 aliphatic heterocycles. The molecule has 0 saturated carbocycles. The van der Waals surface area contributed by atoms with Crippen molar-refractivity contribution in [2.75, 3.05) is 0 Å². The number of amides is 1. The van der Waals surface area contributed by atoms with E-state index in [0.717, 1.165) is 0 Å². The molecule has 0 unspecified atom stereocenters. The maximum absolute atomic E-state index is 12.9. The Morgan fingerprint density at radius 3 is 2.67 bits per heavy atom. The van der Waals surface area contributed by atoms with E-state index in [2.05, 4.69) is 0 Å². The van der Waals surface area contributed by atoms with Crippen LogP contribution in [-0.4, -0.2) is 5.91 Å². The summed E-state index contributed by atoms with van der Waals surface area (Å²) in [6.07, 6.45) is 0. The Morgan fingerprint density at radius 1 is 1.58 bits per heavy atom. The minimum atomic E-state index is -0.770. The van der Waals surface area contributed by atoms with Gasteiger partial charge in [0.1, 0.15) is 5.82 Å². The number of alkyl halides is 1. The van der Waals surface area contributed by atoms with Crippen molar-refractivity contribution in [1.82, 2.24) is 0 Å². The van der Waals surface area contributed by atoms with Crippen LogP contribution in [0.3, 0.4) is 0 Å². The SMILES string of the molecule is NC(=O)c1ccc(CCl)cc1F. The first-order valence-electron chi connectivity index (χ1n) is 3.29. The number of carbonyl (C=O) groups is 1. The number of primary amides is 1. The van der Waals surface area contributed by atoms with Gasteiger partial charge in [0.2, 0.25) is 0 Å². The fourth-order valence-electron chi connectivity index (χ4n) is 0.842. The zero-order valence-corrected chi connectivity index (χ0v) is 6.94. The number of halogens is 2. The number of carbonyl (C=O) groups excluding carboxylic acids is 1. The van der Waals surface area contributed by atoms with Gasteiger partial charge in [-0.15, -0.1) is 11.6 Å². The maximum atomic E-state index is 12.9. The van der Waals surface area contributed by atoms with E-state index in [4.69, 9.17) is 17.3 Å². The monoisotopic (exact) mass is 187 g/mol. The summed E-state index contributed by atoms with van der Waals surface area (Å²) in [6, 6.07) is 4.10. The summed E-state index contributed by atoms with van der Waals surface area (Å²) in [7, 11) is 0. The zero-order chi connectivity index (χ0) is 9.14. The molecule has 0 aromatic heterocycles. The Morgan fingerprint density at radius 2 is 2.25 bits per heavy atom. The molecule has 0 aliphatic carbocycles. The van der Waals surface area contributed by atoms with E-state index in [1.165, 1.54) is 12.1 Å². The lowest BCUT2D eigenvalue weighted by molar-refractivity contribution is 0.0996. The van der Waals surface area contributed by atoms with Gasteiger partial charge in [-0.3, -0.25) is 4.79 Å². The minimum absolute atomic E-state index is 0.108. The number of hydrogen-bond acceptors (Lipinski definition) is 1. The van der Waals surface area contributed by atoms with Crippen molar-refractivity contribution in [2.24, 2.45) is 5.73 Å². The molecule has 0 spiro atoms. The summed E-state index contributed by atoms with van der Waals surface area (Å²) in [5.74, 6) is -1.18. The number of rotatable bonds is 2. The third-order valence-corrected chi connectivity index (χ3v) is 1.76. The predicted molar refractivity (Wildman–Crippen MR) is 44.5 cm³/mol. The second-order valence-corrected chi connectivity index (χ2v) is 2.58. The molecular weight excluding hydrogens is 181 g/mol. The molecule has 0 bridgehead atoms. The van der Waals surface area contributed by atoms with Crippen molar-refractivity contribution in [3.63, 3.8) is 0 Å². The Kier molecular flexibility index (Phi) is 2.65. The van der Waals surface area contributed by atoms with Crippen molar-refractivity contribution >= 4 is 17.5 Å². The Hall–Kier alpha value is -1.09. The van der Waals surface area contributed by atoms with Gasteiger partial charge < -0.3 is 5.73 Å². The van der Waals surface area contributed by atoms with E-state index in [9.17, 15) is 9.18 Å². The molecule has 1 rings (SSSR count). The Labute approximate surface area is 74.1 Å². The van der Waals surface area contributed by atoms with E-state index in [1.54, 1.807) is 6.07 Å². The van der Waals surface area contributed by atoms with Gasteiger partial charge in [-0.25, -0.2) is 4.39 Å². The lowest BCUT2D eigenvalue weighted by Gasteiger charge is -1.99. The van der Waals surface area contributed by atoms with Crippen LogP contribution < -0.4 is 5.73 Å². The standard InChI is InChI=1S/C8H7ClFNO/c9-4-5-1-2-6(8(11)12)7(10)3-5/h1-3H,4H2,(H2,11,12). The van der Waals surface area contributed by atoms with E-state index in [0.29, 0.717) is 5.56 Å². The van der Waals surface area contributed by atoms with Crippen LogP contribution in [0.2, 0.25) is 0 Å². The Balaban J connectivity index is 3.12. The third-order valence-electron chi connectivity index (χ3n) is 1.45. The number of nitrogens with two attached hydrogens (primary N) is 1. The van der Waals surface area contributed by atoms with Crippen LogP contribution in [0.15, 0.2) is 18.2 Å². The molecule has 4 heteroatoms. The average molecular weight is 188 g/mol.